The Kier molecular flexibility index (Phi) is 5.22. The van der Waals surface area contributed by atoms with E-state index in [1.54, 1.807) is 7.05 Å². The van der Waals surface area contributed by atoms with Crippen molar-refractivity contribution in [3.05, 3.63) is 42.3 Å². The molecule has 0 spiro atoms. The SMILES string of the molecule is [C-]#CC(=NC)c1ccccc1.[Li+]. The Morgan fingerprint density at radius 1 is 1.33 bits per heavy atom. The number of hydrogen-bond acceptors (Lipinski definition) is 1. The zero-order chi connectivity index (χ0) is 8.10. The van der Waals surface area contributed by atoms with Gasteiger partial charge in [-0.05, 0) is 5.71 Å². The topological polar surface area (TPSA) is 12.4 Å². The Morgan fingerprint density at radius 3 is 2.33 bits per heavy atom. The summed E-state index contributed by atoms with van der Waals surface area (Å²) >= 11 is 0. The Labute approximate surface area is 85.1 Å². The van der Waals surface area contributed by atoms with Crippen LogP contribution in [0, 0.1) is 12.3 Å². The molecule has 1 rings (SSSR count). The normalized spacial score (nSPS) is 9.83. The van der Waals surface area contributed by atoms with Crippen molar-refractivity contribution in [1.29, 1.82) is 0 Å². The van der Waals surface area contributed by atoms with E-state index in [0.717, 1.165) is 5.56 Å². The van der Waals surface area contributed by atoms with E-state index in [9.17, 15) is 0 Å². The summed E-state index contributed by atoms with van der Waals surface area (Å²) < 4.78 is 0. The zero-order valence-electron chi connectivity index (χ0n) is 7.33. The molecule has 0 radical (unpaired) electrons. The largest absolute Gasteiger partial charge is 1.00 e. The van der Waals surface area contributed by atoms with Gasteiger partial charge in [0.1, 0.15) is 0 Å². The van der Waals surface area contributed by atoms with E-state index in [2.05, 4.69) is 10.9 Å². The van der Waals surface area contributed by atoms with Gasteiger partial charge in [-0.2, -0.15) is 0 Å². The maximum Gasteiger partial charge on any atom is 1.00 e. The molecule has 0 bridgehead atoms. The van der Waals surface area contributed by atoms with Crippen molar-refractivity contribution >= 4 is 5.71 Å². The first kappa shape index (κ1) is 11.0. The van der Waals surface area contributed by atoms with Crippen molar-refractivity contribution < 1.29 is 18.9 Å². The van der Waals surface area contributed by atoms with E-state index < -0.39 is 0 Å². The average molecular weight is 149 g/mol. The van der Waals surface area contributed by atoms with Gasteiger partial charge in [0.25, 0.3) is 0 Å². The molecule has 12 heavy (non-hydrogen) atoms. The third-order valence-corrected chi connectivity index (χ3v) is 1.39. The monoisotopic (exact) mass is 149 g/mol. The third kappa shape index (κ3) is 2.59. The van der Waals surface area contributed by atoms with Crippen LogP contribution in [0.15, 0.2) is 35.3 Å². The zero-order valence-corrected chi connectivity index (χ0v) is 7.33. The van der Waals surface area contributed by atoms with Crippen LogP contribution < -0.4 is 18.9 Å². The summed E-state index contributed by atoms with van der Waals surface area (Å²) in [5.41, 5.74) is 1.52. The van der Waals surface area contributed by atoms with Gasteiger partial charge in [-0.1, -0.05) is 35.9 Å². The van der Waals surface area contributed by atoms with Gasteiger partial charge < -0.3 is 11.4 Å². The minimum absolute atomic E-state index is 0. The van der Waals surface area contributed by atoms with Crippen LogP contribution in [0.3, 0.4) is 0 Å². The molecular weight excluding hydrogens is 141 g/mol. The van der Waals surface area contributed by atoms with E-state index in [1.165, 1.54) is 0 Å². The summed E-state index contributed by atoms with van der Waals surface area (Å²) in [5, 5.41) is 0. The fraction of sp³-hybridized carbons (Fsp3) is 0.100. The summed E-state index contributed by atoms with van der Waals surface area (Å²) in [6.07, 6.45) is 6.92. The second-order valence-corrected chi connectivity index (χ2v) is 2.06. The van der Waals surface area contributed by atoms with Crippen LogP contribution in [-0.4, -0.2) is 12.8 Å². The molecule has 0 unspecified atom stereocenters. The van der Waals surface area contributed by atoms with Gasteiger partial charge in [0.2, 0.25) is 0 Å². The molecule has 0 atom stereocenters. The van der Waals surface area contributed by atoms with Gasteiger partial charge in [-0.3, -0.25) is 5.92 Å². The first-order valence-corrected chi connectivity index (χ1v) is 3.33. The molecular formula is C10H8LiN. The molecule has 54 valence electrons. The first-order chi connectivity index (χ1) is 5.38. The van der Waals surface area contributed by atoms with Crippen molar-refractivity contribution in [2.45, 2.75) is 0 Å². The summed E-state index contributed by atoms with van der Waals surface area (Å²) in [7, 11) is 1.66. The van der Waals surface area contributed by atoms with Crippen LogP contribution in [0.2, 0.25) is 0 Å². The van der Waals surface area contributed by atoms with Crippen LogP contribution >= 0.6 is 0 Å². The maximum atomic E-state index is 6.92. The number of benzene rings is 1. The molecule has 1 aromatic rings. The molecule has 1 aromatic carbocycles. The van der Waals surface area contributed by atoms with Crippen LogP contribution in [0.5, 0.6) is 0 Å². The molecule has 0 aliphatic heterocycles. The van der Waals surface area contributed by atoms with Crippen LogP contribution in [0.25, 0.3) is 0 Å². The van der Waals surface area contributed by atoms with Gasteiger partial charge in [-0.25, -0.2) is 0 Å². The first-order valence-electron chi connectivity index (χ1n) is 3.33. The van der Waals surface area contributed by atoms with Gasteiger partial charge in [0.15, 0.2) is 0 Å². The molecule has 2 heteroatoms. The fourth-order valence-corrected chi connectivity index (χ4v) is 0.853. The predicted octanol–water partition coefficient (Wildman–Crippen LogP) is -1.30. The van der Waals surface area contributed by atoms with Gasteiger partial charge in [0, 0.05) is 7.05 Å². The molecule has 0 N–H and O–H groups in total. The molecule has 0 saturated carbocycles. The summed E-state index contributed by atoms with van der Waals surface area (Å²) in [4.78, 5) is 3.89. The molecule has 0 heterocycles. The van der Waals surface area contributed by atoms with Crippen molar-refractivity contribution in [3.63, 3.8) is 0 Å². The standard InChI is InChI=1S/C10H8N.Li/c1-3-10(11-2)9-7-5-4-6-8-9;/h4-8H,2H3;/q-1;+1. The Morgan fingerprint density at radius 2 is 1.92 bits per heavy atom. The quantitative estimate of drug-likeness (QED) is 0.204. The molecule has 0 saturated heterocycles. The minimum atomic E-state index is 0. The Balaban J connectivity index is 0.00000121. The average Bonchev–Trinajstić information content (AvgIpc) is 2.09. The minimum Gasteiger partial charge on any atom is -0.373 e. The van der Waals surface area contributed by atoms with Gasteiger partial charge in [0.05, 0.1) is 0 Å². The number of aliphatic imine (C=N–C) groups is 1. The molecule has 0 aliphatic rings. The van der Waals surface area contributed by atoms with Crippen LogP contribution in [0.4, 0.5) is 0 Å². The summed E-state index contributed by atoms with van der Waals surface area (Å²) in [6, 6.07) is 9.57. The second kappa shape index (κ2) is 5.67. The van der Waals surface area contributed by atoms with Gasteiger partial charge >= 0.3 is 18.9 Å². The summed E-state index contributed by atoms with van der Waals surface area (Å²) in [5.74, 6) is 2.27. The van der Waals surface area contributed by atoms with Crippen molar-refractivity contribution in [2.75, 3.05) is 7.05 Å². The van der Waals surface area contributed by atoms with Crippen molar-refractivity contribution in [2.24, 2.45) is 4.99 Å². The summed E-state index contributed by atoms with van der Waals surface area (Å²) in [6.45, 7) is 0. The van der Waals surface area contributed by atoms with E-state index in [0.29, 0.717) is 5.71 Å². The van der Waals surface area contributed by atoms with Crippen molar-refractivity contribution in [3.8, 4) is 5.92 Å². The molecule has 0 aliphatic carbocycles. The van der Waals surface area contributed by atoms with E-state index in [1.807, 2.05) is 30.3 Å². The van der Waals surface area contributed by atoms with E-state index in [4.69, 9.17) is 6.42 Å². The van der Waals surface area contributed by atoms with E-state index in [-0.39, 0.29) is 18.9 Å². The number of rotatable bonds is 1. The third-order valence-electron chi connectivity index (χ3n) is 1.39. The fourth-order valence-electron chi connectivity index (χ4n) is 0.853. The Hall–Kier alpha value is -0.953. The maximum absolute atomic E-state index is 6.92. The van der Waals surface area contributed by atoms with Crippen LogP contribution in [0.1, 0.15) is 5.56 Å². The van der Waals surface area contributed by atoms with E-state index >= 15 is 0 Å². The molecule has 0 aromatic heterocycles. The van der Waals surface area contributed by atoms with Crippen LogP contribution in [-0.2, 0) is 0 Å². The number of hydrogen-bond donors (Lipinski definition) is 0. The number of nitrogens with zero attached hydrogens (tertiary/aromatic N) is 1. The Bertz CT molecular complexity index is 295. The second-order valence-electron chi connectivity index (χ2n) is 2.06. The van der Waals surface area contributed by atoms with Crippen molar-refractivity contribution in [1.82, 2.24) is 0 Å². The smallest absolute Gasteiger partial charge is 0.373 e. The molecule has 1 nitrogen and oxygen atoms in total. The predicted molar refractivity (Wildman–Crippen MR) is 46.0 cm³/mol. The van der Waals surface area contributed by atoms with Gasteiger partial charge in [-0.15, -0.1) is 0 Å². The molecule has 0 fully saturated rings. The molecule has 0 amide bonds.